The zero-order chi connectivity index (χ0) is 18.1. The molecule has 0 aliphatic rings. The summed E-state index contributed by atoms with van der Waals surface area (Å²) in [5.41, 5.74) is 0.0746. The van der Waals surface area contributed by atoms with Crippen LogP contribution in [0, 0.1) is 0 Å². The molecule has 2 aromatic heterocycles. The lowest BCUT2D eigenvalue weighted by atomic mass is 10.1. The molecule has 1 N–H and O–H groups in total. The molecule has 0 aliphatic carbocycles. The van der Waals surface area contributed by atoms with Gasteiger partial charge in [0.2, 0.25) is 10.0 Å². The SMILES string of the molecule is CC(C)(C)NS(=O)(=O)c1ccc(-c2nc(Cc3ccno3)no2)cc1. The highest BCUT2D eigenvalue weighted by Crippen LogP contribution is 2.21. The van der Waals surface area contributed by atoms with Crippen molar-refractivity contribution in [1.82, 2.24) is 20.0 Å². The second-order valence-electron chi connectivity index (χ2n) is 6.55. The fraction of sp³-hybridized carbons (Fsp3) is 0.312. The summed E-state index contributed by atoms with van der Waals surface area (Å²) in [6, 6.07) is 7.98. The van der Waals surface area contributed by atoms with Crippen molar-refractivity contribution in [2.45, 2.75) is 37.6 Å². The van der Waals surface area contributed by atoms with Crippen LogP contribution < -0.4 is 4.72 Å². The van der Waals surface area contributed by atoms with Crippen molar-refractivity contribution in [3.8, 4) is 11.5 Å². The van der Waals surface area contributed by atoms with Gasteiger partial charge in [-0.2, -0.15) is 4.98 Å². The third-order valence-electron chi connectivity index (χ3n) is 3.14. The summed E-state index contributed by atoms with van der Waals surface area (Å²) in [4.78, 5) is 4.45. The largest absolute Gasteiger partial charge is 0.361 e. The topological polar surface area (TPSA) is 111 Å². The Morgan fingerprint density at radius 2 is 1.80 bits per heavy atom. The molecule has 0 saturated heterocycles. The second kappa shape index (κ2) is 6.41. The molecule has 1 aromatic carbocycles. The van der Waals surface area contributed by atoms with Crippen molar-refractivity contribution in [2.75, 3.05) is 0 Å². The average Bonchev–Trinajstić information content (AvgIpc) is 3.17. The Morgan fingerprint density at radius 3 is 2.40 bits per heavy atom. The van der Waals surface area contributed by atoms with Crippen molar-refractivity contribution >= 4 is 10.0 Å². The number of aromatic nitrogens is 3. The fourth-order valence-corrected chi connectivity index (χ4v) is 3.59. The summed E-state index contributed by atoms with van der Waals surface area (Å²) in [7, 11) is -3.58. The van der Waals surface area contributed by atoms with Crippen LogP contribution in [0.5, 0.6) is 0 Å². The van der Waals surface area contributed by atoms with Gasteiger partial charge in [0.1, 0.15) is 5.76 Å². The summed E-state index contributed by atoms with van der Waals surface area (Å²) in [6.07, 6.45) is 1.91. The number of nitrogens with zero attached hydrogens (tertiary/aromatic N) is 3. The number of nitrogens with one attached hydrogen (secondary N) is 1. The van der Waals surface area contributed by atoms with Crippen LogP contribution in [0.15, 0.2) is 50.5 Å². The van der Waals surface area contributed by atoms with Gasteiger partial charge in [0.15, 0.2) is 5.82 Å². The molecule has 0 fully saturated rings. The van der Waals surface area contributed by atoms with E-state index in [9.17, 15) is 8.42 Å². The van der Waals surface area contributed by atoms with Gasteiger partial charge in [-0.15, -0.1) is 0 Å². The maximum atomic E-state index is 12.3. The highest BCUT2D eigenvalue weighted by molar-refractivity contribution is 7.89. The van der Waals surface area contributed by atoms with Crippen molar-refractivity contribution in [1.29, 1.82) is 0 Å². The molecular formula is C16H18N4O4S. The van der Waals surface area contributed by atoms with Crippen LogP contribution in [0.25, 0.3) is 11.5 Å². The van der Waals surface area contributed by atoms with Crippen LogP contribution in [-0.2, 0) is 16.4 Å². The van der Waals surface area contributed by atoms with E-state index >= 15 is 0 Å². The molecule has 2 heterocycles. The lowest BCUT2D eigenvalue weighted by molar-refractivity contribution is 0.382. The molecule has 8 nitrogen and oxygen atoms in total. The van der Waals surface area contributed by atoms with Gasteiger partial charge >= 0.3 is 0 Å². The molecule has 0 bridgehead atoms. The molecule has 9 heteroatoms. The number of hydrogen-bond acceptors (Lipinski definition) is 7. The highest BCUT2D eigenvalue weighted by atomic mass is 32.2. The Kier molecular flexibility index (Phi) is 4.44. The summed E-state index contributed by atoms with van der Waals surface area (Å²) < 4.78 is 37.4. The predicted octanol–water partition coefficient (Wildman–Crippen LogP) is 2.39. The van der Waals surface area contributed by atoms with Crippen LogP contribution in [0.3, 0.4) is 0 Å². The molecule has 132 valence electrons. The number of hydrogen-bond donors (Lipinski definition) is 1. The summed E-state index contributed by atoms with van der Waals surface area (Å²) in [5.74, 6) is 1.39. The Labute approximate surface area is 145 Å². The van der Waals surface area contributed by atoms with Crippen molar-refractivity contribution in [3.63, 3.8) is 0 Å². The van der Waals surface area contributed by atoms with E-state index in [-0.39, 0.29) is 4.90 Å². The first-order chi connectivity index (χ1) is 11.7. The molecule has 0 saturated carbocycles. The molecule has 0 amide bonds. The van der Waals surface area contributed by atoms with Crippen molar-refractivity contribution in [2.24, 2.45) is 0 Å². The first kappa shape index (κ1) is 17.3. The predicted molar refractivity (Wildman–Crippen MR) is 89.1 cm³/mol. The Balaban J connectivity index is 1.78. The molecule has 3 aromatic rings. The zero-order valence-electron chi connectivity index (χ0n) is 14.1. The van der Waals surface area contributed by atoms with Gasteiger partial charge in [-0.05, 0) is 45.0 Å². The molecule has 3 rings (SSSR count). The van der Waals surface area contributed by atoms with Gasteiger partial charge in [-0.25, -0.2) is 13.1 Å². The molecule has 0 aliphatic heterocycles. The second-order valence-corrected chi connectivity index (χ2v) is 8.23. The Morgan fingerprint density at radius 1 is 1.08 bits per heavy atom. The van der Waals surface area contributed by atoms with Crippen LogP contribution in [-0.4, -0.2) is 29.3 Å². The minimum absolute atomic E-state index is 0.174. The van der Waals surface area contributed by atoms with Crippen LogP contribution in [0.4, 0.5) is 0 Å². The van der Waals surface area contributed by atoms with E-state index in [1.54, 1.807) is 45.2 Å². The van der Waals surface area contributed by atoms with E-state index in [0.29, 0.717) is 29.5 Å². The minimum atomic E-state index is -3.58. The monoisotopic (exact) mass is 362 g/mol. The van der Waals surface area contributed by atoms with Crippen molar-refractivity contribution in [3.05, 3.63) is 48.1 Å². The third kappa shape index (κ3) is 4.31. The maximum Gasteiger partial charge on any atom is 0.257 e. The van der Waals surface area contributed by atoms with Crippen LogP contribution >= 0.6 is 0 Å². The lowest BCUT2D eigenvalue weighted by Gasteiger charge is -2.20. The number of benzene rings is 1. The molecule has 0 radical (unpaired) electrons. The van der Waals surface area contributed by atoms with Gasteiger partial charge in [0.25, 0.3) is 5.89 Å². The highest BCUT2D eigenvalue weighted by Gasteiger charge is 2.22. The first-order valence-corrected chi connectivity index (χ1v) is 9.08. The van der Waals surface area contributed by atoms with E-state index < -0.39 is 15.6 Å². The minimum Gasteiger partial charge on any atom is -0.361 e. The van der Waals surface area contributed by atoms with E-state index in [1.165, 1.54) is 12.1 Å². The molecular weight excluding hydrogens is 344 g/mol. The normalized spacial score (nSPS) is 12.4. The van der Waals surface area contributed by atoms with Gasteiger partial charge in [0, 0.05) is 17.2 Å². The van der Waals surface area contributed by atoms with Gasteiger partial charge < -0.3 is 9.05 Å². The zero-order valence-corrected chi connectivity index (χ0v) is 14.9. The lowest BCUT2D eigenvalue weighted by Crippen LogP contribution is -2.40. The molecule has 0 spiro atoms. The van der Waals surface area contributed by atoms with Gasteiger partial charge in [-0.3, -0.25) is 0 Å². The standard InChI is InChI=1S/C16H18N4O4S/c1-16(2,3)20-25(21,22)13-6-4-11(5-7-13)15-18-14(19-24-15)10-12-8-9-17-23-12/h4-9,20H,10H2,1-3H3. The summed E-state index contributed by atoms with van der Waals surface area (Å²) in [5, 5.41) is 7.50. The Bertz CT molecular complexity index is 939. The van der Waals surface area contributed by atoms with E-state index in [2.05, 4.69) is 20.0 Å². The maximum absolute atomic E-state index is 12.3. The fourth-order valence-electron chi connectivity index (χ4n) is 2.17. The molecule has 0 atom stereocenters. The summed E-state index contributed by atoms with van der Waals surface area (Å²) in [6.45, 7) is 5.36. The van der Waals surface area contributed by atoms with E-state index in [0.717, 1.165) is 0 Å². The quantitative estimate of drug-likeness (QED) is 0.741. The van der Waals surface area contributed by atoms with Crippen molar-refractivity contribution < 1.29 is 17.5 Å². The first-order valence-electron chi connectivity index (χ1n) is 7.59. The third-order valence-corrected chi connectivity index (χ3v) is 4.92. The number of rotatable bonds is 5. The van der Waals surface area contributed by atoms with Gasteiger partial charge in [-0.1, -0.05) is 10.3 Å². The van der Waals surface area contributed by atoms with E-state index in [4.69, 9.17) is 9.05 Å². The van der Waals surface area contributed by atoms with Crippen LogP contribution in [0.1, 0.15) is 32.4 Å². The summed E-state index contributed by atoms with van der Waals surface area (Å²) >= 11 is 0. The number of sulfonamides is 1. The van der Waals surface area contributed by atoms with E-state index in [1.807, 2.05) is 0 Å². The van der Waals surface area contributed by atoms with Gasteiger partial charge in [0.05, 0.1) is 17.5 Å². The smallest absolute Gasteiger partial charge is 0.257 e. The average molecular weight is 362 g/mol. The molecule has 0 unspecified atom stereocenters. The van der Waals surface area contributed by atoms with Crippen LogP contribution in [0.2, 0.25) is 0 Å². The molecule has 25 heavy (non-hydrogen) atoms. The Hall–Kier alpha value is -2.52.